The molecule has 0 aromatic carbocycles. The molecule has 0 bridgehead atoms. The first-order chi connectivity index (χ1) is 5.50. The first-order valence-electron chi connectivity index (χ1n) is 4.98. The van der Waals surface area contributed by atoms with E-state index in [-0.39, 0.29) is 0 Å². The second kappa shape index (κ2) is 6.45. The molecule has 11 heavy (non-hydrogen) atoms. The van der Waals surface area contributed by atoms with E-state index in [9.17, 15) is 0 Å². The van der Waals surface area contributed by atoms with Gasteiger partial charge in [-0.1, -0.05) is 44.3 Å². The average molecular weight is 151 g/mol. The van der Waals surface area contributed by atoms with Gasteiger partial charge in [0.15, 0.2) is 0 Å². The van der Waals surface area contributed by atoms with Crippen LogP contribution in [0, 0.1) is 6.42 Å². The van der Waals surface area contributed by atoms with Crippen LogP contribution in [0.25, 0.3) is 0 Å². The SMILES string of the molecule is [CH]1/C=C\CCCCCCCC1. The molecule has 0 saturated heterocycles. The molecule has 0 N–H and O–H groups in total. The van der Waals surface area contributed by atoms with Gasteiger partial charge in [-0.25, -0.2) is 0 Å². The number of rotatable bonds is 0. The molecule has 0 spiro atoms. The summed E-state index contributed by atoms with van der Waals surface area (Å²) in [4.78, 5) is 0. The standard InChI is InChI=1S/C11H19/c1-2-4-6-8-10-11-9-7-5-3-1/h1-3H,4-11H2/b2-1-. The molecule has 0 aliphatic heterocycles. The fourth-order valence-electron chi connectivity index (χ4n) is 1.52. The lowest BCUT2D eigenvalue weighted by molar-refractivity contribution is 0.600. The molecule has 1 aliphatic carbocycles. The van der Waals surface area contributed by atoms with Gasteiger partial charge in [0.2, 0.25) is 0 Å². The summed E-state index contributed by atoms with van der Waals surface area (Å²) in [6.45, 7) is 0. The van der Waals surface area contributed by atoms with Crippen molar-refractivity contribution in [3.05, 3.63) is 18.6 Å². The molecule has 0 saturated carbocycles. The van der Waals surface area contributed by atoms with Crippen molar-refractivity contribution < 1.29 is 0 Å². The topological polar surface area (TPSA) is 0 Å². The quantitative estimate of drug-likeness (QED) is 0.493. The molecule has 0 heterocycles. The maximum atomic E-state index is 2.31. The molecule has 0 atom stereocenters. The van der Waals surface area contributed by atoms with E-state index in [2.05, 4.69) is 18.6 Å². The Balaban J connectivity index is 2.11. The smallest absolute Gasteiger partial charge is 0.0171 e. The third kappa shape index (κ3) is 5.06. The average Bonchev–Trinajstić information content (AvgIpc) is 2.08. The van der Waals surface area contributed by atoms with Gasteiger partial charge in [-0.3, -0.25) is 0 Å². The van der Waals surface area contributed by atoms with Crippen LogP contribution in [-0.2, 0) is 0 Å². The molecule has 0 fully saturated rings. The lowest BCUT2D eigenvalue weighted by Crippen LogP contribution is -1.78. The molecular weight excluding hydrogens is 132 g/mol. The van der Waals surface area contributed by atoms with Gasteiger partial charge in [0.05, 0.1) is 0 Å². The maximum absolute atomic E-state index is 2.31. The van der Waals surface area contributed by atoms with Gasteiger partial charge in [0.25, 0.3) is 0 Å². The molecule has 0 aromatic rings. The summed E-state index contributed by atoms with van der Waals surface area (Å²) >= 11 is 0. The van der Waals surface area contributed by atoms with Crippen molar-refractivity contribution in [1.82, 2.24) is 0 Å². The van der Waals surface area contributed by atoms with Crippen LogP contribution in [0.2, 0.25) is 0 Å². The van der Waals surface area contributed by atoms with Crippen LogP contribution in [0.3, 0.4) is 0 Å². The normalized spacial score (nSPS) is 25.5. The van der Waals surface area contributed by atoms with Gasteiger partial charge >= 0.3 is 0 Å². The van der Waals surface area contributed by atoms with Crippen LogP contribution < -0.4 is 0 Å². The van der Waals surface area contributed by atoms with Gasteiger partial charge in [-0.2, -0.15) is 0 Å². The molecule has 1 rings (SSSR count). The second-order valence-electron chi connectivity index (χ2n) is 3.36. The van der Waals surface area contributed by atoms with Gasteiger partial charge < -0.3 is 0 Å². The number of allylic oxidation sites excluding steroid dienone is 2. The molecule has 0 amide bonds. The first-order valence-corrected chi connectivity index (χ1v) is 4.98. The summed E-state index contributed by atoms with van der Waals surface area (Å²) in [7, 11) is 0. The predicted molar refractivity (Wildman–Crippen MR) is 50.4 cm³/mol. The number of hydrogen-bond acceptors (Lipinski definition) is 0. The van der Waals surface area contributed by atoms with Crippen LogP contribution in [0.1, 0.15) is 51.4 Å². The molecular formula is C11H19. The zero-order chi connectivity index (χ0) is 7.78. The van der Waals surface area contributed by atoms with Crippen molar-refractivity contribution in [3.8, 4) is 0 Å². The minimum absolute atomic E-state index is 1.29. The molecule has 0 unspecified atom stereocenters. The lowest BCUT2D eigenvalue weighted by Gasteiger charge is -1.97. The van der Waals surface area contributed by atoms with Gasteiger partial charge in [0, 0.05) is 0 Å². The Labute approximate surface area is 70.7 Å². The third-order valence-corrected chi connectivity index (χ3v) is 2.26. The Morgan fingerprint density at radius 2 is 1.27 bits per heavy atom. The third-order valence-electron chi connectivity index (χ3n) is 2.26. The Kier molecular flexibility index (Phi) is 5.18. The summed E-state index contributed by atoms with van der Waals surface area (Å²) in [6.07, 6.45) is 18.0. The maximum Gasteiger partial charge on any atom is -0.0171 e. The zero-order valence-electron chi connectivity index (χ0n) is 7.39. The van der Waals surface area contributed by atoms with Crippen LogP contribution in [0.15, 0.2) is 12.2 Å². The van der Waals surface area contributed by atoms with E-state index >= 15 is 0 Å². The van der Waals surface area contributed by atoms with Crippen molar-refractivity contribution in [2.45, 2.75) is 51.4 Å². The van der Waals surface area contributed by atoms with Gasteiger partial charge in [0.1, 0.15) is 0 Å². The highest BCUT2D eigenvalue weighted by Crippen LogP contribution is 2.11. The largest absolute Gasteiger partial charge is 0.0882 e. The summed E-state index contributed by atoms with van der Waals surface area (Å²) < 4.78 is 0. The fraction of sp³-hybridized carbons (Fsp3) is 0.727. The van der Waals surface area contributed by atoms with Gasteiger partial charge in [-0.15, -0.1) is 0 Å². The van der Waals surface area contributed by atoms with E-state index in [1.165, 1.54) is 51.4 Å². The Bertz CT molecular complexity index is 90.6. The van der Waals surface area contributed by atoms with Crippen molar-refractivity contribution in [3.63, 3.8) is 0 Å². The molecule has 1 radical (unpaired) electrons. The van der Waals surface area contributed by atoms with Crippen molar-refractivity contribution in [1.29, 1.82) is 0 Å². The Morgan fingerprint density at radius 3 is 2.09 bits per heavy atom. The molecule has 0 heteroatoms. The summed E-state index contributed by atoms with van der Waals surface area (Å²) in [5, 5.41) is 0. The molecule has 1 aliphatic rings. The highest BCUT2D eigenvalue weighted by atomic mass is 14.0. The molecule has 0 nitrogen and oxygen atoms in total. The van der Waals surface area contributed by atoms with E-state index < -0.39 is 0 Å². The van der Waals surface area contributed by atoms with Crippen LogP contribution in [0.5, 0.6) is 0 Å². The van der Waals surface area contributed by atoms with Crippen LogP contribution >= 0.6 is 0 Å². The van der Waals surface area contributed by atoms with E-state index in [1.807, 2.05) is 0 Å². The second-order valence-corrected chi connectivity index (χ2v) is 3.36. The predicted octanol–water partition coefficient (Wildman–Crippen LogP) is 3.88. The summed E-state index contributed by atoms with van der Waals surface area (Å²) in [6, 6.07) is 0. The first kappa shape index (κ1) is 8.83. The van der Waals surface area contributed by atoms with E-state index in [0.717, 1.165) is 0 Å². The number of hydrogen-bond donors (Lipinski definition) is 0. The molecule has 63 valence electrons. The molecule has 0 aromatic heterocycles. The highest BCUT2D eigenvalue weighted by Gasteiger charge is 1.92. The van der Waals surface area contributed by atoms with Gasteiger partial charge in [-0.05, 0) is 25.7 Å². The Morgan fingerprint density at radius 1 is 0.636 bits per heavy atom. The lowest BCUT2D eigenvalue weighted by atomic mass is 10.1. The minimum Gasteiger partial charge on any atom is -0.0882 e. The van der Waals surface area contributed by atoms with Crippen molar-refractivity contribution in [2.24, 2.45) is 0 Å². The van der Waals surface area contributed by atoms with E-state index in [4.69, 9.17) is 0 Å². The highest BCUT2D eigenvalue weighted by molar-refractivity contribution is 4.94. The van der Waals surface area contributed by atoms with Crippen molar-refractivity contribution in [2.75, 3.05) is 0 Å². The summed E-state index contributed by atoms with van der Waals surface area (Å²) in [5.41, 5.74) is 0. The fourth-order valence-corrected chi connectivity index (χ4v) is 1.52. The Hall–Kier alpha value is -0.260. The van der Waals surface area contributed by atoms with E-state index in [0.29, 0.717) is 0 Å². The monoisotopic (exact) mass is 151 g/mol. The van der Waals surface area contributed by atoms with E-state index in [1.54, 1.807) is 0 Å². The van der Waals surface area contributed by atoms with Crippen LogP contribution in [0.4, 0.5) is 0 Å². The zero-order valence-corrected chi connectivity index (χ0v) is 7.39. The summed E-state index contributed by atoms with van der Waals surface area (Å²) in [5.74, 6) is 0. The van der Waals surface area contributed by atoms with Crippen LogP contribution in [-0.4, -0.2) is 0 Å². The minimum atomic E-state index is 1.29. The van der Waals surface area contributed by atoms with Crippen molar-refractivity contribution >= 4 is 0 Å².